The zero-order valence-corrected chi connectivity index (χ0v) is 12.9. The molecule has 0 spiro atoms. The number of nitrogens with one attached hydrogen (secondary N) is 1. The van der Waals surface area contributed by atoms with Gasteiger partial charge in [0.15, 0.2) is 0 Å². The Labute approximate surface area is 120 Å². The number of rotatable bonds is 4. The van der Waals surface area contributed by atoms with Gasteiger partial charge < -0.3 is 11.1 Å². The lowest BCUT2D eigenvalue weighted by Gasteiger charge is -2.20. The summed E-state index contributed by atoms with van der Waals surface area (Å²) in [6.07, 6.45) is 0. The molecule has 4 nitrogen and oxygen atoms in total. The van der Waals surface area contributed by atoms with Crippen LogP contribution in [0.3, 0.4) is 0 Å². The maximum Gasteiger partial charge on any atom is 0.251 e. The van der Waals surface area contributed by atoms with Crippen LogP contribution in [0.4, 0.5) is 0 Å². The van der Waals surface area contributed by atoms with Crippen molar-refractivity contribution in [2.45, 2.75) is 46.1 Å². The van der Waals surface area contributed by atoms with Gasteiger partial charge in [0, 0.05) is 5.56 Å². The molecule has 0 aliphatic heterocycles. The molecule has 0 unspecified atom stereocenters. The fourth-order valence-electron chi connectivity index (χ4n) is 1.91. The van der Waals surface area contributed by atoms with Gasteiger partial charge >= 0.3 is 0 Å². The van der Waals surface area contributed by atoms with Crippen LogP contribution in [0.25, 0.3) is 0 Å². The SMILES string of the molecule is CC(C)[C@@H](NC(=O)c1ccc(C(C)(C)C)cc1)C(N)=O. The number of carbonyl (C=O) groups excluding carboxylic acids is 2. The molecule has 0 fully saturated rings. The second-order valence-electron chi connectivity index (χ2n) is 6.42. The Hall–Kier alpha value is -1.84. The van der Waals surface area contributed by atoms with Crippen molar-refractivity contribution in [2.24, 2.45) is 11.7 Å². The maximum absolute atomic E-state index is 12.1. The van der Waals surface area contributed by atoms with Crippen LogP contribution in [0.5, 0.6) is 0 Å². The van der Waals surface area contributed by atoms with E-state index < -0.39 is 11.9 Å². The van der Waals surface area contributed by atoms with Crippen LogP contribution < -0.4 is 11.1 Å². The molecule has 0 aliphatic carbocycles. The number of benzene rings is 1. The molecular weight excluding hydrogens is 252 g/mol. The second-order valence-corrected chi connectivity index (χ2v) is 6.42. The highest BCUT2D eigenvalue weighted by Crippen LogP contribution is 2.22. The summed E-state index contributed by atoms with van der Waals surface area (Å²) in [7, 11) is 0. The highest BCUT2D eigenvalue weighted by atomic mass is 16.2. The van der Waals surface area contributed by atoms with Crippen LogP contribution in [0.15, 0.2) is 24.3 Å². The lowest BCUT2D eigenvalue weighted by molar-refractivity contribution is -0.120. The first-order valence-electron chi connectivity index (χ1n) is 6.83. The van der Waals surface area contributed by atoms with Gasteiger partial charge in [-0.05, 0) is 29.0 Å². The van der Waals surface area contributed by atoms with Crippen molar-refractivity contribution in [1.82, 2.24) is 5.32 Å². The summed E-state index contributed by atoms with van der Waals surface area (Å²) in [6.45, 7) is 10.0. The molecule has 3 N–H and O–H groups in total. The van der Waals surface area contributed by atoms with Gasteiger partial charge in [0.05, 0.1) is 0 Å². The van der Waals surface area contributed by atoms with Crippen LogP contribution >= 0.6 is 0 Å². The molecule has 1 aromatic carbocycles. The molecule has 1 atom stereocenters. The van der Waals surface area contributed by atoms with E-state index in [0.29, 0.717) is 5.56 Å². The molecule has 1 aromatic rings. The van der Waals surface area contributed by atoms with Crippen LogP contribution in [0.2, 0.25) is 0 Å². The van der Waals surface area contributed by atoms with Gasteiger partial charge in [0.25, 0.3) is 5.91 Å². The third-order valence-corrected chi connectivity index (χ3v) is 3.27. The van der Waals surface area contributed by atoms with Gasteiger partial charge in [-0.3, -0.25) is 9.59 Å². The molecule has 0 saturated carbocycles. The van der Waals surface area contributed by atoms with E-state index in [1.807, 2.05) is 26.0 Å². The normalized spacial score (nSPS) is 13.1. The Morgan fingerprint density at radius 1 is 1.10 bits per heavy atom. The number of hydrogen-bond acceptors (Lipinski definition) is 2. The van der Waals surface area contributed by atoms with Gasteiger partial charge in [0.2, 0.25) is 5.91 Å². The standard InChI is InChI=1S/C16H24N2O2/c1-10(2)13(14(17)19)18-15(20)11-6-8-12(9-7-11)16(3,4)5/h6-10,13H,1-5H3,(H2,17,19)(H,18,20)/t13-/m1/s1. The summed E-state index contributed by atoms with van der Waals surface area (Å²) >= 11 is 0. The van der Waals surface area contributed by atoms with Crippen molar-refractivity contribution in [1.29, 1.82) is 0 Å². The molecule has 0 aromatic heterocycles. The zero-order valence-electron chi connectivity index (χ0n) is 12.9. The third-order valence-electron chi connectivity index (χ3n) is 3.27. The van der Waals surface area contributed by atoms with Gasteiger partial charge in [-0.15, -0.1) is 0 Å². The van der Waals surface area contributed by atoms with Gasteiger partial charge in [0.1, 0.15) is 6.04 Å². The fraction of sp³-hybridized carbons (Fsp3) is 0.500. The summed E-state index contributed by atoms with van der Waals surface area (Å²) in [6, 6.07) is 6.76. The van der Waals surface area contributed by atoms with Crippen molar-refractivity contribution in [2.75, 3.05) is 0 Å². The molecule has 4 heteroatoms. The summed E-state index contributed by atoms with van der Waals surface area (Å²) < 4.78 is 0. The molecule has 0 aliphatic rings. The molecule has 2 amide bonds. The Kier molecular flexibility index (Phi) is 4.93. The minimum atomic E-state index is -0.648. The molecule has 0 saturated heterocycles. The minimum absolute atomic E-state index is 0.0368. The highest BCUT2D eigenvalue weighted by molar-refractivity contribution is 5.97. The topological polar surface area (TPSA) is 72.2 Å². The second kappa shape index (κ2) is 6.07. The van der Waals surface area contributed by atoms with Crippen LogP contribution in [-0.2, 0) is 10.2 Å². The van der Waals surface area contributed by atoms with Crippen molar-refractivity contribution >= 4 is 11.8 Å². The van der Waals surface area contributed by atoms with Gasteiger partial charge in [-0.2, -0.15) is 0 Å². The number of carbonyl (C=O) groups is 2. The Balaban J connectivity index is 2.85. The Bertz CT molecular complexity index is 484. The minimum Gasteiger partial charge on any atom is -0.368 e. The van der Waals surface area contributed by atoms with Gasteiger partial charge in [-0.25, -0.2) is 0 Å². The predicted octanol–water partition coefficient (Wildman–Crippen LogP) is 2.22. The number of nitrogens with two attached hydrogens (primary N) is 1. The van der Waals surface area contributed by atoms with E-state index in [1.54, 1.807) is 12.1 Å². The van der Waals surface area contributed by atoms with Gasteiger partial charge in [-0.1, -0.05) is 46.8 Å². The first-order valence-corrected chi connectivity index (χ1v) is 6.83. The van der Waals surface area contributed by atoms with Crippen LogP contribution in [0.1, 0.15) is 50.5 Å². The highest BCUT2D eigenvalue weighted by Gasteiger charge is 2.22. The lowest BCUT2D eigenvalue weighted by Crippen LogP contribution is -2.47. The lowest BCUT2D eigenvalue weighted by atomic mass is 9.86. The molecule has 0 radical (unpaired) electrons. The smallest absolute Gasteiger partial charge is 0.251 e. The summed E-state index contributed by atoms with van der Waals surface area (Å²) in [5.74, 6) is -0.826. The Morgan fingerprint density at radius 3 is 1.95 bits per heavy atom. The predicted molar refractivity (Wildman–Crippen MR) is 80.4 cm³/mol. The first-order chi connectivity index (χ1) is 9.12. The van der Waals surface area contributed by atoms with Crippen LogP contribution in [-0.4, -0.2) is 17.9 Å². The number of amides is 2. The largest absolute Gasteiger partial charge is 0.368 e. The van der Waals surface area contributed by atoms with Crippen molar-refractivity contribution < 1.29 is 9.59 Å². The summed E-state index contributed by atoms with van der Waals surface area (Å²) in [5, 5.41) is 2.68. The molecular formula is C16H24N2O2. The Morgan fingerprint density at radius 2 is 1.60 bits per heavy atom. The van der Waals surface area contributed by atoms with Crippen molar-refractivity contribution in [3.8, 4) is 0 Å². The molecule has 0 bridgehead atoms. The van der Waals surface area contributed by atoms with Crippen LogP contribution in [0, 0.1) is 5.92 Å². The molecule has 110 valence electrons. The molecule has 1 rings (SSSR count). The average molecular weight is 276 g/mol. The van der Waals surface area contributed by atoms with E-state index in [-0.39, 0.29) is 17.2 Å². The number of primary amides is 1. The molecule has 0 heterocycles. The first kappa shape index (κ1) is 16.2. The quantitative estimate of drug-likeness (QED) is 0.885. The van der Waals surface area contributed by atoms with E-state index in [2.05, 4.69) is 26.1 Å². The van der Waals surface area contributed by atoms with Crippen molar-refractivity contribution in [3.05, 3.63) is 35.4 Å². The van der Waals surface area contributed by atoms with Crippen molar-refractivity contribution in [3.63, 3.8) is 0 Å². The van der Waals surface area contributed by atoms with E-state index in [1.165, 1.54) is 0 Å². The summed E-state index contributed by atoms with van der Waals surface area (Å²) in [5.41, 5.74) is 7.03. The fourth-order valence-corrected chi connectivity index (χ4v) is 1.91. The molecule has 20 heavy (non-hydrogen) atoms. The van der Waals surface area contributed by atoms with E-state index in [0.717, 1.165) is 5.56 Å². The van der Waals surface area contributed by atoms with E-state index >= 15 is 0 Å². The summed E-state index contributed by atoms with van der Waals surface area (Å²) in [4.78, 5) is 23.4. The average Bonchev–Trinajstić information content (AvgIpc) is 2.34. The monoisotopic (exact) mass is 276 g/mol. The third kappa shape index (κ3) is 4.08. The zero-order chi connectivity index (χ0) is 15.5. The van der Waals surface area contributed by atoms with E-state index in [9.17, 15) is 9.59 Å². The maximum atomic E-state index is 12.1. The van der Waals surface area contributed by atoms with E-state index in [4.69, 9.17) is 5.73 Å². The number of hydrogen-bond donors (Lipinski definition) is 2.